The van der Waals surface area contributed by atoms with Gasteiger partial charge in [-0.25, -0.2) is 4.79 Å². The second-order valence-electron chi connectivity index (χ2n) is 8.46. The number of hydrogen-bond acceptors (Lipinski definition) is 4. The van der Waals surface area contributed by atoms with Crippen molar-refractivity contribution in [2.45, 2.75) is 50.7 Å². The Morgan fingerprint density at radius 1 is 1.36 bits per heavy atom. The number of carbonyl (C=O) groups excluding carboxylic acids is 1. The zero-order chi connectivity index (χ0) is 20.4. The van der Waals surface area contributed by atoms with E-state index in [0.29, 0.717) is 37.9 Å². The Hall–Kier alpha value is -1.50. The summed E-state index contributed by atoms with van der Waals surface area (Å²) in [6, 6.07) is 5.61. The van der Waals surface area contributed by atoms with E-state index in [1.54, 1.807) is 7.11 Å². The van der Waals surface area contributed by atoms with Crippen LogP contribution in [0.2, 0.25) is 5.02 Å². The summed E-state index contributed by atoms with van der Waals surface area (Å²) < 4.78 is 17.1. The number of nitrogens with zero attached hydrogens (tertiary/aromatic N) is 1. The van der Waals surface area contributed by atoms with Crippen molar-refractivity contribution < 1.29 is 19.0 Å². The van der Waals surface area contributed by atoms with Crippen molar-refractivity contribution in [2.24, 2.45) is 0 Å². The molecule has 0 radical (unpaired) electrons. The molecular weight excluding hydrogens is 380 g/mol. The Kier molecular flexibility index (Phi) is 6.42. The van der Waals surface area contributed by atoms with E-state index in [1.165, 1.54) is 0 Å². The highest BCUT2D eigenvalue weighted by atomic mass is 35.5. The van der Waals surface area contributed by atoms with Gasteiger partial charge < -0.3 is 24.4 Å². The van der Waals surface area contributed by atoms with Crippen LogP contribution in [0.15, 0.2) is 18.2 Å². The number of amides is 2. The minimum Gasteiger partial charge on any atom is -0.496 e. The zero-order valence-electron chi connectivity index (χ0n) is 17.2. The van der Waals surface area contributed by atoms with E-state index in [2.05, 4.69) is 5.32 Å². The third-order valence-electron chi connectivity index (χ3n) is 5.62. The average molecular weight is 411 g/mol. The van der Waals surface area contributed by atoms with Gasteiger partial charge in [0.05, 0.1) is 25.4 Å². The number of ether oxygens (including phenoxy) is 3. The van der Waals surface area contributed by atoms with Crippen LogP contribution in [0, 0.1) is 0 Å². The lowest BCUT2D eigenvalue weighted by Crippen LogP contribution is -2.57. The molecule has 156 valence electrons. The van der Waals surface area contributed by atoms with Crippen LogP contribution in [0.4, 0.5) is 4.79 Å². The maximum Gasteiger partial charge on any atom is 0.317 e. The number of rotatable bonds is 4. The van der Waals surface area contributed by atoms with Crippen LogP contribution in [0.25, 0.3) is 0 Å². The number of nitrogens with one attached hydrogen (secondary N) is 1. The van der Waals surface area contributed by atoms with E-state index < -0.39 is 0 Å². The maximum atomic E-state index is 12.9. The molecule has 2 aliphatic rings. The Morgan fingerprint density at radius 2 is 2.07 bits per heavy atom. The molecule has 1 aromatic carbocycles. The van der Waals surface area contributed by atoms with Crippen LogP contribution in [0.3, 0.4) is 0 Å². The van der Waals surface area contributed by atoms with Crippen molar-refractivity contribution in [3.8, 4) is 5.75 Å². The zero-order valence-corrected chi connectivity index (χ0v) is 18.0. The lowest BCUT2D eigenvalue weighted by atomic mass is 9.73. The molecule has 0 aliphatic carbocycles. The molecule has 2 heterocycles. The van der Waals surface area contributed by atoms with Crippen LogP contribution < -0.4 is 10.1 Å². The molecule has 2 fully saturated rings. The molecule has 0 bridgehead atoms. The lowest BCUT2D eigenvalue weighted by Gasteiger charge is -2.43. The third-order valence-corrected chi connectivity index (χ3v) is 5.85. The largest absolute Gasteiger partial charge is 0.496 e. The number of hydrogen-bond donors (Lipinski definition) is 1. The number of methoxy groups -OCH3 is 1. The number of morpholine rings is 1. The fourth-order valence-corrected chi connectivity index (χ4v) is 4.54. The first-order valence-corrected chi connectivity index (χ1v) is 10.2. The molecule has 0 aromatic heterocycles. The Balaban J connectivity index is 1.78. The molecule has 2 aliphatic heterocycles. The minimum absolute atomic E-state index is 0.0135. The first-order chi connectivity index (χ1) is 13.2. The van der Waals surface area contributed by atoms with Gasteiger partial charge in [-0.1, -0.05) is 11.6 Å². The van der Waals surface area contributed by atoms with Crippen molar-refractivity contribution in [2.75, 3.05) is 40.0 Å². The highest BCUT2D eigenvalue weighted by Crippen LogP contribution is 2.40. The van der Waals surface area contributed by atoms with Gasteiger partial charge in [-0.15, -0.1) is 0 Å². The average Bonchev–Trinajstić information content (AvgIpc) is 2.65. The van der Waals surface area contributed by atoms with E-state index in [1.807, 2.05) is 43.9 Å². The Bertz CT molecular complexity index is 704. The van der Waals surface area contributed by atoms with Crippen molar-refractivity contribution in [3.63, 3.8) is 0 Å². The van der Waals surface area contributed by atoms with Gasteiger partial charge in [0.25, 0.3) is 0 Å². The Labute approximate surface area is 172 Å². The number of halogens is 1. The van der Waals surface area contributed by atoms with E-state index in [0.717, 1.165) is 24.2 Å². The molecule has 6 nitrogen and oxygen atoms in total. The quantitative estimate of drug-likeness (QED) is 0.823. The molecular formula is C21H31ClN2O4. The maximum absolute atomic E-state index is 12.9. The van der Waals surface area contributed by atoms with Gasteiger partial charge in [0, 0.05) is 42.3 Å². The van der Waals surface area contributed by atoms with Crippen molar-refractivity contribution in [1.82, 2.24) is 10.2 Å². The van der Waals surface area contributed by atoms with Gasteiger partial charge in [0.1, 0.15) is 5.75 Å². The summed E-state index contributed by atoms with van der Waals surface area (Å²) in [5.74, 6) is 0.793. The van der Waals surface area contributed by atoms with Gasteiger partial charge in [0.2, 0.25) is 0 Å². The van der Waals surface area contributed by atoms with Gasteiger partial charge in [-0.05, 0) is 51.8 Å². The van der Waals surface area contributed by atoms with Crippen LogP contribution in [0.1, 0.15) is 39.2 Å². The van der Waals surface area contributed by atoms with Gasteiger partial charge in [-0.3, -0.25) is 0 Å². The monoisotopic (exact) mass is 410 g/mol. The van der Waals surface area contributed by atoms with Gasteiger partial charge >= 0.3 is 6.03 Å². The van der Waals surface area contributed by atoms with E-state index >= 15 is 0 Å². The summed E-state index contributed by atoms with van der Waals surface area (Å²) in [6.45, 7) is 8.99. The van der Waals surface area contributed by atoms with Crippen LogP contribution in [0.5, 0.6) is 5.75 Å². The molecule has 1 unspecified atom stereocenters. The van der Waals surface area contributed by atoms with E-state index in [-0.39, 0.29) is 23.2 Å². The fourth-order valence-electron chi connectivity index (χ4n) is 4.36. The van der Waals surface area contributed by atoms with Gasteiger partial charge in [-0.2, -0.15) is 0 Å². The molecule has 28 heavy (non-hydrogen) atoms. The Morgan fingerprint density at radius 3 is 2.71 bits per heavy atom. The molecule has 2 saturated heterocycles. The molecule has 0 saturated carbocycles. The summed E-state index contributed by atoms with van der Waals surface area (Å²) in [6.07, 6.45) is 1.61. The number of carbonyl (C=O) groups is 1. The standard InChI is InChI=1S/C21H31ClN2O4/c1-15-12-24(14-20(2,3)28-15)19(25)23-13-21(7-9-27-10-8-21)17-11-16(22)5-6-18(17)26-4/h5-6,11,15H,7-10,12-14H2,1-4H3,(H,23,25). The molecule has 1 N–H and O–H groups in total. The second kappa shape index (κ2) is 8.47. The summed E-state index contributed by atoms with van der Waals surface area (Å²) in [5, 5.41) is 3.83. The molecule has 2 amide bonds. The summed E-state index contributed by atoms with van der Waals surface area (Å²) in [4.78, 5) is 14.8. The number of benzene rings is 1. The van der Waals surface area contributed by atoms with Crippen LogP contribution >= 0.6 is 11.6 Å². The third kappa shape index (κ3) is 4.73. The highest BCUT2D eigenvalue weighted by molar-refractivity contribution is 6.30. The summed E-state index contributed by atoms with van der Waals surface area (Å²) >= 11 is 6.29. The van der Waals surface area contributed by atoms with Crippen LogP contribution in [-0.2, 0) is 14.9 Å². The van der Waals surface area contributed by atoms with Crippen LogP contribution in [-0.4, -0.2) is 62.6 Å². The van der Waals surface area contributed by atoms with Gasteiger partial charge in [0.15, 0.2) is 0 Å². The van der Waals surface area contributed by atoms with Crippen molar-refractivity contribution >= 4 is 17.6 Å². The molecule has 3 rings (SSSR count). The number of urea groups is 1. The first-order valence-electron chi connectivity index (χ1n) is 9.87. The molecule has 1 aromatic rings. The topological polar surface area (TPSA) is 60.0 Å². The normalized spacial score (nSPS) is 23.9. The lowest BCUT2D eigenvalue weighted by molar-refractivity contribution is -0.117. The summed E-state index contributed by atoms with van der Waals surface area (Å²) in [7, 11) is 1.66. The fraction of sp³-hybridized carbons (Fsp3) is 0.667. The van der Waals surface area contributed by atoms with Crippen molar-refractivity contribution in [1.29, 1.82) is 0 Å². The predicted molar refractivity (Wildman–Crippen MR) is 109 cm³/mol. The SMILES string of the molecule is COc1ccc(Cl)cc1C1(CNC(=O)N2CC(C)OC(C)(C)C2)CCOCC1. The predicted octanol–water partition coefficient (Wildman–Crippen LogP) is 3.61. The summed E-state index contributed by atoms with van der Waals surface area (Å²) in [5.41, 5.74) is 0.417. The molecule has 1 atom stereocenters. The molecule has 0 spiro atoms. The smallest absolute Gasteiger partial charge is 0.317 e. The van der Waals surface area contributed by atoms with Crippen molar-refractivity contribution in [3.05, 3.63) is 28.8 Å². The minimum atomic E-state index is -0.346. The van der Waals surface area contributed by atoms with E-state index in [4.69, 9.17) is 25.8 Å². The molecule has 7 heteroatoms. The highest BCUT2D eigenvalue weighted by Gasteiger charge is 2.39. The van der Waals surface area contributed by atoms with E-state index in [9.17, 15) is 4.79 Å². The first kappa shape index (κ1) is 21.2. The second-order valence-corrected chi connectivity index (χ2v) is 8.90.